The van der Waals surface area contributed by atoms with Crippen molar-refractivity contribution < 1.29 is 9.84 Å². The minimum atomic E-state index is -1.10. The predicted octanol–water partition coefficient (Wildman–Crippen LogP) is 4.38. The van der Waals surface area contributed by atoms with Gasteiger partial charge >= 0.3 is 0 Å². The van der Waals surface area contributed by atoms with E-state index < -0.39 is 13.7 Å². The zero-order valence-electron chi connectivity index (χ0n) is 16.8. The van der Waals surface area contributed by atoms with E-state index in [1.54, 1.807) is 6.20 Å². The molecule has 0 fully saturated rings. The molecule has 1 aromatic carbocycles. The Morgan fingerprint density at radius 1 is 1.27 bits per heavy atom. The van der Waals surface area contributed by atoms with E-state index in [-0.39, 0.29) is 0 Å². The zero-order chi connectivity index (χ0) is 18.9. The summed E-state index contributed by atoms with van der Waals surface area (Å²) in [6.45, 7) is 12.6. The van der Waals surface area contributed by atoms with E-state index in [2.05, 4.69) is 50.6 Å². The molecular formula is C21H32N2O2Si. The lowest BCUT2D eigenvalue weighted by molar-refractivity contribution is 0.0309. The Kier molecular flexibility index (Phi) is 5.42. The molecule has 1 unspecified atom stereocenters. The Hall–Kier alpha value is -1.43. The van der Waals surface area contributed by atoms with Crippen molar-refractivity contribution in [3.05, 3.63) is 52.6 Å². The van der Waals surface area contributed by atoms with Crippen LogP contribution in [0.15, 0.2) is 24.5 Å². The van der Waals surface area contributed by atoms with E-state index in [1.807, 2.05) is 10.8 Å². The fourth-order valence-corrected chi connectivity index (χ4v) is 4.55. The van der Waals surface area contributed by atoms with Crippen molar-refractivity contribution in [1.29, 1.82) is 0 Å². The second-order valence-electron chi connectivity index (χ2n) is 8.82. The first kappa shape index (κ1) is 19.3. The van der Waals surface area contributed by atoms with Gasteiger partial charge in [0.25, 0.3) is 0 Å². The molecule has 3 rings (SSSR count). The van der Waals surface area contributed by atoms with Gasteiger partial charge in [-0.3, -0.25) is 0 Å². The number of hydrogen-bond acceptors (Lipinski definition) is 3. The normalized spacial score (nSPS) is 20.2. The highest BCUT2D eigenvalue weighted by Gasteiger charge is 2.40. The van der Waals surface area contributed by atoms with Crippen LogP contribution in [0.25, 0.3) is 0 Å². The van der Waals surface area contributed by atoms with E-state index in [9.17, 15) is 5.11 Å². The second kappa shape index (κ2) is 7.29. The van der Waals surface area contributed by atoms with Gasteiger partial charge in [0.05, 0.1) is 0 Å². The molecule has 142 valence electrons. The first-order valence-corrected chi connectivity index (χ1v) is 13.3. The van der Waals surface area contributed by atoms with Crippen molar-refractivity contribution >= 4 is 8.07 Å². The number of aromatic nitrogens is 2. The number of rotatable bonds is 6. The van der Waals surface area contributed by atoms with Gasteiger partial charge in [0.2, 0.25) is 0 Å². The molecule has 5 heteroatoms. The van der Waals surface area contributed by atoms with Gasteiger partial charge in [-0.2, -0.15) is 0 Å². The van der Waals surface area contributed by atoms with Gasteiger partial charge < -0.3 is 14.4 Å². The Bertz CT molecular complexity index is 779. The average molecular weight is 373 g/mol. The topological polar surface area (TPSA) is 47.3 Å². The molecule has 0 spiro atoms. The van der Waals surface area contributed by atoms with Gasteiger partial charge in [-0.15, -0.1) is 0 Å². The van der Waals surface area contributed by atoms with Gasteiger partial charge in [-0.1, -0.05) is 31.8 Å². The average Bonchev–Trinajstić information content (AvgIpc) is 3.04. The molecule has 1 aliphatic carbocycles. The van der Waals surface area contributed by atoms with E-state index in [0.29, 0.717) is 19.0 Å². The molecule has 0 bridgehead atoms. The number of aliphatic hydroxyl groups is 1. The van der Waals surface area contributed by atoms with E-state index >= 15 is 0 Å². The molecule has 0 radical (unpaired) electrons. The van der Waals surface area contributed by atoms with Crippen molar-refractivity contribution in [3.63, 3.8) is 0 Å². The summed E-state index contributed by atoms with van der Waals surface area (Å²) in [5, 5.41) is 11.6. The van der Waals surface area contributed by atoms with Crippen LogP contribution in [0.5, 0.6) is 0 Å². The van der Waals surface area contributed by atoms with Gasteiger partial charge in [0, 0.05) is 27.1 Å². The van der Waals surface area contributed by atoms with E-state index in [0.717, 1.165) is 31.1 Å². The fraction of sp³-hybridized carbons (Fsp3) is 0.571. The Labute approximate surface area is 158 Å². The first-order valence-electron chi connectivity index (χ1n) is 9.64. The van der Waals surface area contributed by atoms with Crippen LogP contribution in [0.1, 0.15) is 40.9 Å². The van der Waals surface area contributed by atoms with Crippen LogP contribution in [0.2, 0.25) is 25.7 Å². The highest BCUT2D eigenvalue weighted by Crippen LogP contribution is 2.41. The molecule has 1 aromatic heterocycles. The van der Waals surface area contributed by atoms with Gasteiger partial charge in [0.15, 0.2) is 0 Å². The number of ether oxygens (including phenoxy) is 1. The highest BCUT2D eigenvalue weighted by molar-refractivity contribution is 6.76. The van der Waals surface area contributed by atoms with Gasteiger partial charge in [-0.05, 0) is 61.4 Å². The summed E-state index contributed by atoms with van der Waals surface area (Å²) < 4.78 is 7.87. The molecular weight excluding hydrogens is 340 g/mol. The summed E-state index contributed by atoms with van der Waals surface area (Å²) in [6, 6.07) is 5.34. The largest absolute Gasteiger partial charge is 0.377 e. The number of aryl methyl sites for hydroxylation is 1. The third kappa shape index (κ3) is 3.80. The third-order valence-electron chi connectivity index (χ3n) is 5.59. The standard InChI is InChI=1S/C21H32N2O2Si/c1-16-8-9-19-18(17(16)2)7-6-10-21(19,24)20-22-11-12-23(20)15-25-13-14-26(3,4)5/h8-9,11-12,24H,6-7,10,13-15H2,1-5H3. The molecule has 0 amide bonds. The second-order valence-corrected chi connectivity index (χ2v) is 14.4. The number of imidazole rings is 1. The lowest BCUT2D eigenvalue weighted by Crippen LogP contribution is -2.35. The summed E-state index contributed by atoms with van der Waals surface area (Å²) >= 11 is 0. The SMILES string of the molecule is Cc1ccc2c(c1C)CCCC2(O)c1nccn1COCC[Si](C)(C)C. The third-order valence-corrected chi connectivity index (χ3v) is 7.30. The maximum Gasteiger partial charge on any atom is 0.147 e. The lowest BCUT2D eigenvalue weighted by Gasteiger charge is -2.35. The maximum absolute atomic E-state index is 11.6. The molecule has 1 aliphatic rings. The molecule has 2 aromatic rings. The van der Waals surface area contributed by atoms with Crippen LogP contribution >= 0.6 is 0 Å². The molecule has 1 N–H and O–H groups in total. The number of benzene rings is 1. The van der Waals surface area contributed by atoms with Crippen molar-refractivity contribution in [2.24, 2.45) is 0 Å². The number of fused-ring (bicyclic) bond motifs is 1. The lowest BCUT2D eigenvalue weighted by atomic mass is 9.76. The summed E-state index contributed by atoms with van der Waals surface area (Å²) in [7, 11) is -1.10. The maximum atomic E-state index is 11.6. The molecule has 4 nitrogen and oxygen atoms in total. The molecule has 1 heterocycles. The monoisotopic (exact) mass is 372 g/mol. The van der Waals surface area contributed by atoms with E-state index in [4.69, 9.17) is 4.74 Å². The zero-order valence-corrected chi connectivity index (χ0v) is 17.8. The van der Waals surface area contributed by atoms with Crippen LogP contribution in [0, 0.1) is 13.8 Å². The minimum Gasteiger partial charge on any atom is -0.377 e. The Morgan fingerprint density at radius 3 is 2.77 bits per heavy atom. The summed E-state index contributed by atoms with van der Waals surface area (Å²) in [6.07, 6.45) is 6.38. The van der Waals surface area contributed by atoms with Gasteiger partial charge in [-0.25, -0.2) is 4.98 Å². The highest BCUT2D eigenvalue weighted by atomic mass is 28.3. The fourth-order valence-electron chi connectivity index (χ4n) is 3.79. The van der Waals surface area contributed by atoms with Crippen LogP contribution in [-0.4, -0.2) is 29.3 Å². The quantitative estimate of drug-likeness (QED) is 0.604. The predicted molar refractivity (Wildman–Crippen MR) is 108 cm³/mol. The van der Waals surface area contributed by atoms with E-state index in [1.165, 1.54) is 16.7 Å². The van der Waals surface area contributed by atoms with Crippen molar-refractivity contribution in [2.45, 2.75) is 71.1 Å². The first-order chi connectivity index (χ1) is 12.2. The van der Waals surface area contributed by atoms with Crippen molar-refractivity contribution in [1.82, 2.24) is 9.55 Å². The summed E-state index contributed by atoms with van der Waals surface area (Å²) in [4.78, 5) is 4.53. The van der Waals surface area contributed by atoms with Crippen molar-refractivity contribution in [3.8, 4) is 0 Å². The molecule has 0 saturated heterocycles. The van der Waals surface area contributed by atoms with Gasteiger partial charge in [0.1, 0.15) is 18.2 Å². The molecule has 1 atom stereocenters. The Morgan fingerprint density at radius 2 is 2.04 bits per heavy atom. The molecule has 0 saturated carbocycles. The number of nitrogens with zero attached hydrogens (tertiary/aromatic N) is 2. The Balaban J connectivity index is 1.85. The number of hydrogen-bond donors (Lipinski definition) is 1. The van der Waals surface area contributed by atoms with Crippen molar-refractivity contribution in [2.75, 3.05) is 6.61 Å². The molecule has 0 aliphatic heterocycles. The van der Waals surface area contributed by atoms with Crippen LogP contribution in [-0.2, 0) is 23.5 Å². The smallest absolute Gasteiger partial charge is 0.147 e. The minimum absolute atomic E-state index is 0.447. The van der Waals surface area contributed by atoms with Crippen LogP contribution < -0.4 is 0 Å². The summed E-state index contributed by atoms with van der Waals surface area (Å²) in [5.74, 6) is 0.703. The molecule has 26 heavy (non-hydrogen) atoms. The van der Waals surface area contributed by atoms with Crippen LogP contribution in [0.3, 0.4) is 0 Å². The summed E-state index contributed by atoms with van der Waals surface area (Å²) in [5.41, 5.74) is 3.85. The van der Waals surface area contributed by atoms with Crippen LogP contribution in [0.4, 0.5) is 0 Å².